The summed E-state index contributed by atoms with van der Waals surface area (Å²) in [4.78, 5) is 2.70. The zero-order valence-electron chi connectivity index (χ0n) is 21.7. The van der Waals surface area contributed by atoms with Crippen LogP contribution < -0.4 is 0 Å². The molecule has 0 bridgehead atoms. The lowest BCUT2D eigenvalue weighted by atomic mass is 9.95. The van der Waals surface area contributed by atoms with Gasteiger partial charge < -0.3 is 9.84 Å². The Balaban J connectivity index is 1.74. The molecule has 0 unspecified atom stereocenters. The summed E-state index contributed by atoms with van der Waals surface area (Å²) in [6.07, 6.45) is 25.9. The highest BCUT2D eigenvalue weighted by Crippen LogP contribution is 2.35. The summed E-state index contributed by atoms with van der Waals surface area (Å²) < 4.78 is 6.56. The molecule has 0 saturated heterocycles. The van der Waals surface area contributed by atoms with Crippen LogP contribution in [-0.4, -0.2) is 41.8 Å². The topological polar surface area (TPSA) is 32.7 Å². The first-order valence-electron chi connectivity index (χ1n) is 14.5. The molecule has 2 saturated carbocycles. The summed E-state index contributed by atoms with van der Waals surface area (Å²) in [5.41, 5.74) is 1.57. The van der Waals surface area contributed by atoms with E-state index in [0.717, 1.165) is 32.2 Å². The van der Waals surface area contributed by atoms with Gasteiger partial charge in [0.05, 0.1) is 18.8 Å². The SMILES string of the molecule is CCCCCCCCCN(CCCCCCCCC)CC(OC1CCC(O)CC1)=C1CC1. The van der Waals surface area contributed by atoms with Gasteiger partial charge >= 0.3 is 0 Å². The number of ether oxygens (including phenoxy) is 1. The van der Waals surface area contributed by atoms with Crippen molar-refractivity contribution in [3.05, 3.63) is 11.3 Å². The minimum atomic E-state index is -0.0990. The van der Waals surface area contributed by atoms with Crippen LogP contribution in [0.25, 0.3) is 0 Å². The second-order valence-electron chi connectivity index (χ2n) is 10.6. The Bertz CT molecular complexity index is 458. The lowest BCUT2D eigenvalue weighted by Crippen LogP contribution is -2.31. The van der Waals surface area contributed by atoms with Crippen LogP contribution in [0.3, 0.4) is 0 Å². The van der Waals surface area contributed by atoms with Crippen molar-refractivity contribution in [2.75, 3.05) is 19.6 Å². The summed E-state index contributed by atoms with van der Waals surface area (Å²) in [6, 6.07) is 0. The predicted octanol–water partition coefficient (Wildman–Crippen LogP) is 8.16. The Morgan fingerprint density at radius 1 is 0.719 bits per heavy atom. The normalized spacial score (nSPS) is 20.7. The van der Waals surface area contributed by atoms with E-state index in [1.165, 1.54) is 122 Å². The van der Waals surface area contributed by atoms with Crippen LogP contribution in [-0.2, 0) is 4.74 Å². The monoisotopic (exact) mass is 449 g/mol. The Hall–Kier alpha value is -0.540. The summed E-state index contributed by atoms with van der Waals surface area (Å²) in [5.74, 6) is 1.30. The van der Waals surface area contributed by atoms with E-state index in [9.17, 15) is 5.11 Å². The highest BCUT2D eigenvalue weighted by Gasteiger charge is 2.26. The molecule has 0 atom stereocenters. The van der Waals surface area contributed by atoms with E-state index < -0.39 is 0 Å². The Kier molecular flexibility index (Phi) is 15.5. The van der Waals surface area contributed by atoms with E-state index in [0.29, 0.717) is 6.10 Å². The van der Waals surface area contributed by atoms with Gasteiger partial charge in [-0.25, -0.2) is 0 Å². The van der Waals surface area contributed by atoms with E-state index in [4.69, 9.17) is 4.74 Å². The first kappa shape index (κ1) is 27.7. The van der Waals surface area contributed by atoms with E-state index in [-0.39, 0.29) is 6.10 Å². The third-order valence-electron chi connectivity index (χ3n) is 7.37. The number of hydrogen-bond donors (Lipinski definition) is 1. The Labute approximate surface area is 200 Å². The van der Waals surface area contributed by atoms with Crippen LogP contribution in [0.4, 0.5) is 0 Å². The second-order valence-corrected chi connectivity index (χ2v) is 10.6. The van der Waals surface area contributed by atoms with Crippen LogP contribution in [0.15, 0.2) is 11.3 Å². The molecule has 2 aliphatic carbocycles. The zero-order chi connectivity index (χ0) is 22.9. The molecule has 188 valence electrons. The summed E-state index contributed by atoms with van der Waals surface area (Å²) in [7, 11) is 0. The largest absolute Gasteiger partial charge is 0.493 e. The van der Waals surface area contributed by atoms with Crippen LogP contribution in [0.1, 0.15) is 142 Å². The minimum absolute atomic E-state index is 0.0990. The van der Waals surface area contributed by atoms with E-state index >= 15 is 0 Å². The quantitative estimate of drug-likeness (QED) is 0.150. The molecule has 0 amide bonds. The molecule has 0 heterocycles. The molecule has 1 N–H and O–H groups in total. The fourth-order valence-corrected chi connectivity index (χ4v) is 5.00. The van der Waals surface area contributed by atoms with Crippen LogP contribution >= 0.6 is 0 Å². The standard InChI is InChI=1S/C29H55NO2/c1-3-5-7-9-11-13-15-23-30(24-16-14-12-10-8-6-4-2)25-29(26-17-18-26)32-28-21-19-27(31)20-22-28/h27-28,31H,3-25H2,1-2H3. The molecule has 32 heavy (non-hydrogen) atoms. The lowest BCUT2D eigenvalue weighted by molar-refractivity contribution is 0.0235. The maximum atomic E-state index is 9.83. The summed E-state index contributed by atoms with van der Waals surface area (Å²) in [6.45, 7) is 8.08. The van der Waals surface area contributed by atoms with Crippen molar-refractivity contribution in [2.45, 2.75) is 154 Å². The molecular weight excluding hydrogens is 394 g/mol. The van der Waals surface area contributed by atoms with Crippen molar-refractivity contribution in [1.29, 1.82) is 0 Å². The molecule has 0 radical (unpaired) electrons. The van der Waals surface area contributed by atoms with Crippen molar-refractivity contribution in [3.8, 4) is 0 Å². The zero-order valence-corrected chi connectivity index (χ0v) is 21.7. The number of rotatable bonds is 20. The highest BCUT2D eigenvalue weighted by atomic mass is 16.5. The molecule has 0 aromatic carbocycles. The lowest BCUT2D eigenvalue weighted by Gasteiger charge is -2.30. The van der Waals surface area contributed by atoms with Gasteiger partial charge in [-0.1, -0.05) is 90.9 Å². The number of aliphatic hydroxyl groups is 1. The van der Waals surface area contributed by atoms with Gasteiger partial charge in [0.25, 0.3) is 0 Å². The van der Waals surface area contributed by atoms with Crippen molar-refractivity contribution in [1.82, 2.24) is 4.90 Å². The van der Waals surface area contributed by atoms with Crippen molar-refractivity contribution in [2.24, 2.45) is 0 Å². The Morgan fingerprint density at radius 2 is 1.19 bits per heavy atom. The molecule has 0 spiro atoms. The molecule has 0 aromatic heterocycles. The molecule has 3 nitrogen and oxygen atoms in total. The van der Waals surface area contributed by atoms with Gasteiger partial charge in [0, 0.05) is 0 Å². The third-order valence-corrected chi connectivity index (χ3v) is 7.37. The van der Waals surface area contributed by atoms with Gasteiger partial charge in [-0.05, 0) is 70.0 Å². The summed E-state index contributed by atoms with van der Waals surface area (Å²) in [5, 5.41) is 9.83. The van der Waals surface area contributed by atoms with Gasteiger partial charge in [0.2, 0.25) is 0 Å². The van der Waals surface area contributed by atoms with E-state index in [1.54, 1.807) is 5.57 Å². The number of hydrogen-bond acceptors (Lipinski definition) is 3. The van der Waals surface area contributed by atoms with E-state index in [2.05, 4.69) is 18.7 Å². The van der Waals surface area contributed by atoms with Crippen LogP contribution in [0, 0.1) is 0 Å². The number of nitrogens with zero attached hydrogens (tertiary/aromatic N) is 1. The van der Waals surface area contributed by atoms with Gasteiger partial charge in [0.1, 0.15) is 5.76 Å². The molecule has 2 fully saturated rings. The van der Waals surface area contributed by atoms with Gasteiger partial charge in [-0.3, -0.25) is 4.90 Å². The molecule has 2 aliphatic rings. The van der Waals surface area contributed by atoms with Crippen molar-refractivity contribution >= 4 is 0 Å². The number of allylic oxidation sites excluding steroid dienone is 1. The first-order valence-corrected chi connectivity index (χ1v) is 14.5. The maximum absolute atomic E-state index is 9.83. The number of unbranched alkanes of at least 4 members (excludes halogenated alkanes) is 12. The molecule has 0 aliphatic heterocycles. The molecule has 0 aromatic rings. The fourth-order valence-electron chi connectivity index (χ4n) is 5.00. The third kappa shape index (κ3) is 13.2. The molecular formula is C29H55NO2. The maximum Gasteiger partial charge on any atom is 0.110 e. The van der Waals surface area contributed by atoms with Gasteiger partial charge in [-0.15, -0.1) is 0 Å². The average molecular weight is 450 g/mol. The second kappa shape index (κ2) is 17.9. The van der Waals surface area contributed by atoms with Crippen LogP contribution in [0.5, 0.6) is 0 Å². The molecule has 2 rings (SSSR count). The molecule has 3 heteroatoms. The van der Waals surface area contributed by atoms with Crippen molar-refractivity contribution < 1.29 is 9.84 Å². The van der Waals surface area contributed by atoms with E-state index in [1.807, 2.05) is 0 Å². The average Bonchev–Trinajstić information content (AvgIpc) is 3.64. The fraction of sp³-hybridized carbons (Fsp3) is 0.931. The number of aliphatic hydroxyl groups excluding tert-OH is 1. The Morgan fingerprint density at radius 3 is 1.66 bits per heavy atom. The summed E-state index contributed by atoms with van der Waals surface area (Å²) >= 11 is 0. The van der Waals surface area contributed by atoms with Gasteiger partial charge in [-0.2, -0.15) is 0 Å². The first-order chi connectivity index (χ1) is 15.7. The smallest absolute Gasteiger partial charge is 0.110 e. The van der Waals surface area contributed by atoms with Crippen LogP contribution in [0.2, 0.25) is 0 Å². The van der Waals surface area contributed by atoms with Crippen molar-refractivity contribution in [3.63, 3.8) is 0 Å². The predicted molar refractivity (Wildman–Crippen MR) is 138 cm³/mol. The highest BCUT2D eigenvalue weighted by molar-refractivity contribution is 5.22. The van der Waals surface area contributed by atoms with Gasteiger partial charge in [0.15, 0.2) is 0 Å². The minimum Gasteiger partial charge on any atom is -0.493 e.